The molecule has 0 spiro atoms. The predicted molar refractivity (Wildman–Crippen MR) is 55.2 cm³/mol. The maximum atomic E-state index is 5.28. The minimum absolute atomic E-state index is 0. The van der Waals surface area contributed by atoms with Crippen LogP contribution in [0.1, 0.15) is 1.43 Å². The Morgan fingerprint density at radius 3 is 0.625 bits per heavy atom. The largest absolute Gasteiger partial charge is 1.00 e. The fraction of sp³-hybridized carbons (Fsp3) is 1.00. The van der Waals surface area contributed by atoms with Gasteiger partial charge in [0.2, 0.25) is 0 Å². The van der Waals surface area contributed by atoms with E-state index in [9.17, 15) is 0 Å². The van der Waals surface area contributed by atoms with E-state index < -0.39 is 0 Å². The van der Waals surface area contributed by atoms with Crippen LogP contribution >= 0.6 is 0 Å². The summed E-state index contributed by atoms with van der Waals surface area (Å²) < 4.78 is 26.4. The molecule has 1 aliphatic rings. The molecule has 1 saturated heterocycles. The summed E-state index contributed by atoms with van der Waals surface area (Å²) in [6.07, 6.45) is 0. The van der Waals surface area contributed by atoms with Crippen LogP contribution < -0.4 is 29.6 Å². The molecule has 0 radical (unpaired) electrons. The van der Waals surface area contributed by atoms with Crippen molar-refractivity contribution < 1.29 is 54.7 Å². The smallest absolute Gasteiger partial charge is 1.00 e. The average molecular weight is 244 g/mol. The molecule has 0 atom stereocenters. The summed E-state index contributed by atoms with van der Waals surface area (Å²) >= 11 is 0. The van der Waals surface area contributed by atoms with Crippen molar-refractivity contribution in [2.75, 3.05) is 66.1 Å². The quantitative estimate of drug-likeness (QED) is 0.431. The Morgan fingerprint density at radius 2 is 0.500 bits per heavy atom. The number of hydrogen-bond donors (Lipinski definition) is 0. The third-order valence-electron chi connectivity index (χ3n) is 1.86. The molecule has 0 saturated carbocycles. The maximum Gasteiger partial charge on any atom is 1.00 e. The van der Waals surface area contributed by atoms with E-state index in [0.29, 0.717) is 66.1 Å². The molecular formula is C10H21NaO5. The summed E-state index contributed by atoms with van der Waals surface area (Å²) in [6, 6.07) is 0. The van der Waals surface area contributed by atoms with Crippen molar-refractivity contribution in [3.8, 4) is 0 Å². The van der Waals surface area contributed by atoms with E-state index in [1.165, 1.54) is 0 Å². The zero-order valence-electron chi connectivity index (χ0n) is 11.1. The van der Waals surface area contributed by atoms with Crippen LogP contribution in [0.3, 0.4) is 0 Å². The first kappa shape index (κ1) is 16.8. The zero-order valence-corrected chi connectivity index (χ0v) is 12.1. The SMILES string of the molecule is C1COCCOCCOCCOCCO1.[H-].[Na+]. The van der Waals surface area contributed by atoms with E-state index in [1.807, 2.05) is 0 Å². The monoisotopic (exact) mass is 244 g/mol. The molecule has 92 valence electrons. The molecule has 0 aliphatic carbocycles. The van der Waals surface area contributed by atoms with Crippen LogP contribution in [-0.2, 0) is 23.7 Å². The van der Waals surface area contributed by atoms with Crippen molar-refractivity contribution >= 4 is 0 Å². The minimum Gasteiger partial charge on any atom is -1.00 e. The van der Waals surface area contributed by atoms with Crippen LogP contribution in [0.4, 0.5) is 0 Å². The van der Waals surface area contributed by atoms with Crippen LogP contribution in [-0.4, -0.2) is 66.1 Å². The number of hydrogen-bond acceptors (Lipinski definition) is 5. The first-order chi connectivity index (χ1) is 7.50. The van der Waals surface area contributed by atoms with Crippen LogP contribution in [0.2, 0.25) is 0 Å². The molecule has 1 rings (SSSR count). The van der Waals surface area contributed by atoms with Gasteiger partial charge < -0.3 is 25.1 Å². The molecule has 0 aromatic carbocycles. The van der Waals surface area contributed by atoms with Crippen LogP contribution in [0.5, 0.6) is 0 Å². The Kier molecular flexibility index (Phi) is 14.6. The molecule has 0 amide bonds. The number of ether oxygens (including phenoxy) is 5. The van der Waals surface area contributed by atoms with Gasteiger partial charge in [-0.2, -0.15) is 0 Å². The van der Waals surface area contributed by atoms with Crippen molar-refractivity contribution in [3.05, 3.63) is 0 Å². The van der Waals surface area contributed by atoms with Gasteiger partial charge in [-0.25, -0.2) is 0 Å². The molecule has 5 nitrogen and oxygen atoms in total. The summed E-state index contributed by atoms with van der Waals surface area (Å²) in [5, 5.41) is 0. The molecule has 0 bridgehead atoms. The fourth-order valence-electron chi connectivity index (χ4n) is 1.10. The second-order valence-corrected chi connectivity index (χ2v) is 3.06. The van der Waals surface area contributed by atoms with Crippen molar-refractivity contribution in [1.82, 2.24) is 0 Å². The normalized spacial score (nSPS) is 22.5. The molecule has 0 N–H and O–H groups in total. The molecular weight excluding hydrogens is 223 g/mol. The summed E-state index contributed by atoms with van der Waals surface area (Å²) in [7, 11) is 0. The third kappa shape index (κ3) is 11.3. The van der Waals surface area contributed by atoms with Gasteiger partial charge in [-0.15, -0.1) is 0 Å². The summed E-state index contributed by atoms with van der Waals surface area (Å²) in [5.74, 6) is 0. The Hall–Kier alpha value is 0.800. The predicted octanol–water partition coefficient (Wildman–Crippen LogP) is -2.80. The first-order valence-electron chi connectivity index (χ1n) is 5.39. The maximum absolute atomic E-state index is 5.28. The topological polar surface area (TPSA) is 46.2 Å². The van der Waals surface area contributed by atoms with Crippen molar-refractivity contribution in [1.29, 1.82) is 0 Å². The molecule has 0 unspecified atom stereocenters. The van der Waals surface area contributed by atoms with Gasteiger partial charge in [0.05, 0.1) is 66.1 Å². The van der Waals surface area contributed by atoms with Gasteiger partial charge >= 0.3 is 29.6 Å². The van der Waals surface area contributed by atoms with Gasteiger partial charge in [-0.3, -0.25) is 0 Å². The number of rotatable bonds is 0. The Balaban J connectivity index is 0. The van der Waals surface area contributed by atoms with E-state index in [4.69, 9.17) is 23.7 Å². The van der Waals surface area contributed by atoms with E-state index >= 15 is 0 Å². The minimum atomic E-state index is 0. The van der Waals surface area contributed by atoms with E-state index in [0.717, 1.165) is 0 Å². The van der Waals surface area contributed by atoms with Gasteiger partial charge in [-0.05, 0) is 0 Å². The molecule has 1 aliphatic heterocycles. The third-order valence-corrected chi connectivity index (χ3v) is 1.86. The Labute approximate surface area is 120 Å². The van der Waals surface area contributed by atoms with Crippen molar-refractivity contribution in [3.63, 3.8) is 0 Å². The van der Waals surface area contributed by atoms with E-state index in [1.54, 1.807) is 0 Å². The van der Waals surface area contributed by atoms with E-state index in [-0.39, 0.29) is 31.0 Å². The summed E-state index contributed by atoms with van der Waals surface area (Å²) in [4.78, 5) is 0. The Morgan fingerprint density at radius 1 is 0.375 bits per heavy atom. The van der Waals surface area contributed by atoms with E-state index in [2.05, 4.69) is 0 Å². The van der Waals surface area contributed by atoms with Crippen molar-refractivity contribution in [2.45, 2.75) is 0 Å². The second-order valence-electron chi connectivity index (χ2n) is 3.06. The standard InChI is InChI=1S/C10H20O5.Na.H/c1-2-12-5-6-14-9-10-15-8-7-13-4-3-11-1;;/h1-10H2;;/q;+1;-1. The summed E-state index contributed by atoms with van der Waals surface area (Å²) in [5.41, 5.74) is 0. The van der Waals surface area contributed by atoms with Gasteiger partial charge in [0.1, 0.15) is 0 Å². The zero-order chi connectivity index (χ0) is 10.6. The van der Waals surface area contributed by atoms with Crippen LogP contribution in [0.15, 0.2) is 0 Å². The van der Waals surface area contributed by atoms with Gasteiger partial charge in [0.25, 0.3) is 0 Å². The molecule has 16 heavy (non-hydrogen) atoms. The van der Waals surface area contributed by atoms with Gasteiger partial charge in [-0.1, -0.05) is 0 Å². The van der Waals surface area contributed by atoms with Gasteiger partial charge in [0, 0.05) is 0 Å². The first-order valence-corrected chi connectivity index (χ1v) is 5.39. The second kappa shape index (κ2) is 13.9. The van der Waals surface area contributed by atoms with Crippen LogP contribution in [0.25, 0.3) is 0 Å². The average Bonchev–Trinajstić information content (AvgIpc) is 2.27. The molecule has 1 heterocycles. The molecule has 6 heteroatoms. The molecule has 0 aromatic rings. The fourth-order valence-corrected chi connectivity index (χ4v) is 1.10. The molecule has 0 aromatic heterocycles. The van der Waals surface area contributed by atoms with Gasteiger partial charge in [0.15, 0.2) is 0 Å². The molecule has 1 fully saturated rings. The Bertz CT molecular complexity index is 83.3. The summed E-state index contributed by atoms with van der Waals surface area (Å²) in [6.45, 7) is 6.11. The van der Waals surface area contributed by atoms with Crippen LogP contribution in [0, 0.1) is 0 Å². The van der Waals surface area contributed by atoms with Crippen molar-refractivity contribution in [2.24, 2.45) is 0 Å².